The van der Waals surface area contributed by atoms with E-state index in [1.807, 2.05) is 13.2 Å². The highest BCUT2D eigenvalue weighted by atomic mass is 35.5. The summed E-state index contributed by atoms with van der Waals surface area (Å²) in [6.45, 7) is 3.00. The predicted molar refractivity (Wildman–Crippen MR) is 83.6 cm³/mol. The number of nitrogens with one attached hydrogen (secondary N) is 1. The first-order valence-corrected chi connectivity index (χ1v) is 7.93. The van der Waals surface area contributed by atoms with Crippen LogP contribution in [0.2, 0.25) is 5.02 Å². The van der Waals surface area contributed by atoms with Gasteiger partial charge in [-0.1, -0.05) is 17.7 Å². The summed E-state index contributed by atoms with van der Waals surface area (Å²) < 4.78 is 5.53. The number of hydrogen-bond acceptors (Lipinski definition) is 3. The number of halogens is 1. The molecule has 1 heterocycles. The fourth-order valence-corrected chi connectivity index (χ4v) is 3.04. The van der Waals surface area contributed by atoms with E-state index < -0.39 is 0 Å². The molecule has 1 aromatic rings. The van der Waals surface area contributed by atoms with Crippen molar-refractivity contribution in [3.63, 3.8) is 0 Å². The molecular formula is C16H23ClN2O. The molecule has 0 amide bonds. The SMILES string of the molecule is COC1CCCN(c2cc(Cl)ccc2CNC2CC2)C1. The molecule has 4 heteroatoms. The Morgan fingerprint density at radius 3 is 2.95 bits per heavy atom. The lowest BCUT2D eigenvalue weighted by Gasteiger charge is -2.35. The van der Waals surface area contributed by atoms with E-state index in [0.29, 0.717) is 6.10 Å². The van der Waals surface area contributed by atoms with Gasteiger partial charge in [0.15, 0.2) is 0 Å². The van der Waals surface area contributed by atoms with Gasteiger partial charge < -0.3 is 15.0 Å². The van der Waals surface area contributed by atoms with Crippen LogP contribution < -0.4 is 10.2 Å². The molecule has 1 saturated heterocycles. The highest BCUT2D eigenvalue weighted by Gasteiger charge is 2.23. The van der Waals surface area contributed by atoms with Gasteiger partial charge in [0.1, 0.15) is 0 Å². The third-order valence-electron chi connectivity index (χ3n) is 4.26. The molecule has 1 aromatic carbocycles. The Morgan fingerprint density at radius 1 is 1.35 bits per heavy atom. The zero-order valence-electron chi connectivity index (χ0n) is 12.1. The van der Waals surface area contributed by atoms with Crippen LogP contribution in [0.4, 0.5) is 5.69 Å². The summed E-state index contributed by atoms with van der Waals surface area (Å²) in [5.41, 5.74) is 2.62. The maximum Gasteiger partial charge on any atom is 0.0746 e. The number of ether oxygens (including phenoxy) is 1. The Hall–Kier alpha value is -0.770. The molecule has 0 bridgehead atoms. The second-order valence-corrected chi connectivity index (χ2v) is 6.31. The van der Waals surface area contributed by atoms with Crippen LogP contribution >= 0.6 is 11.6 Å². The molecule has 0 radical (unpaired) electrons. The second-order valence-electron chi connectivity index (χ2n) is 5.87. The van der Waals surface area contributed by atoms with Gasteiger partial charge in [0, 0.05) is 43.5 Å². The van der Waals surface area contributed by atoms with Gasteiger partial charge in [-0.05, 0) is 43.4 Å². The minimum Gasteiger partial charge on any atom is -0.380 e. The molecule has 3 nitrogen and oxygen atoms in total. The maximum absolute atomic E-state index is 6.20. The average molecular weight is 295 g/mol. The Bertz CT molecular complexity index is 462. The molecule has 1 aliphatic carbocycles. The Morgan fingerprint density at radius 2 is 2.20 bits per heavy atom. The van der Waals surface area contributed by atoms with Gasteiger partial charge in [-0.2, -0.15) is 0 Å². The number of anilines is 1. The van der Waals surface area contributed by atoms with E-state index >= 15 is 0 Å². The van der Waals surface area contributed by atoms with Crippen LogP contribution in [0.15, 0.2) is 18.2 Å². The minimum absolute atomic E-state index is 0.340. The molecule has 1 N–H and O–H groups in total. The topological polar surface area (TPSA) is 24.5 Å². The third-order valence-corrected chi connectivity index (χ3v) is 4.49. The van der Waals surface area contributed by atoms with Gasteiger partial charge in [-0.3, -0.25) is 0 Å². The first-order valence-electron chi connectivity index (χ1n) is 7.56. The van der Waals surface area contributed by atoms with Gasteiger partial charge in [0.25, 0.3) is 0 Å². The van der Waals surface area contributed by atoms with Gasteiger partial charge >= 0.3 is 0 Å². The zero-order valence-corrected chi connectivity index (χ0v) is 12.8. The van der Waals surface area contributed by atoms with E-state index in [4.69, 9.17) is 16.3 Å². The zero-order chi connectivity index (χ0) is 13.9. The Labute approximate surface area is 126 Å². The molecule has 1 atom stereocenters. The van der Waals surface area contributed by atoms with Crippen LogP contribution in [0.5, 0.6) is 0 Å². The molecule has 110 valence electrons. The fraction of sp³-hybridized carbons (Fsp3) is 0.625. The first-order chi connectivity index (χ1) is 9.76. The van der Waals surface area contributed by atoms with E-state index in [-0.39, 0.29) is 0 Å². The monoisotopic (exact) mass is 294 g/mol. The van der Waals surface area contributed by atoms with Crippen molar-refractivity contribution in [3.8, 4) is 0 Å². The van der Waals surface area contributed by atoms with Crippen molar-refractivity contribution in [2.24, 2.45) is 0 Å². The average Bonchev–Trinajstić information content (AvgIpc) is 3.30. The quantitative estimate of drug-likeness (QED) is 0.902. The highest BCUT2D eigenvalue weighted by Crippen LogP contribution is 2.29. The van der Waals surface area contributed by atoms with Gasteiger partial charge in [-0.25, -0.2) is 0 Å². The minimum atomic E-state index is 0.340. The van der Waals surface area contributed by atoms with Crippen molar-refractivity contribution in [2.75, 3.05) is 25.1 Å². The molecule has 2 fully saturated rings. The lowest BCUT2D eigenvalue weighted by atomic mass is 10.0. The molecule has 0 aromatic heterocycles. The molecular weight excluding hydrogens is 272 g/mol. The summed E-state index contributed by atoms with van der Waals surface area (Å²) in [4.78, 5) is 2.42. The van der Waals surface area contributed by atoms with Crippen molar-refractivity contribution in [1.82, 2.24) is 5.32 Å². The summed E-state index contributed by atoms with van der Waals surface area (Å²) in [7, 11) is 1.81. The van der Waals surface area contributed by atoms with Crippen LogP contribution in [0, 0.1) is 0 Å². The number of piperidine rings is 1. The third kappa shape index (κ3) is 3.46. The number of hydrogen-bond donors (Lipinski definition) is 1. The normalized spacial score (nSPS) is 23.1. The van der Waals surface area contributed by atoms with E-state index in [0.717, 1.165) is 37.1 Å². The van der Waals surface area contributed by atoms with Crippen LogP contribution in [0.3, 0.4) is 0 Å². The van der Waals surface area contributed by atoms with Crippen molar-refractivity contribution >= 4 is 17.3 Å². The number of nitrogens with zero attached hydrogens (tertiary/aromatic N) is 1. The standard InChI is InChI=1S/C16H23ClN2O/c1-20-15-3-2-8-19(11-15)16-9-13(17)5-4-12(16)10-18-14-6-7-14/h4-5,9,14-15,18H,2-3,6-8,10-11H2,1H3. The van der Waals surface area contributed by atoms with Crippen LogP contribution in [-0.2, 0) is 11.3 Å². The number of benzene rings is 1. The largest absolute Gasteiger partial charge is 0.380 e. The van der Waals surface area contributed by atoms with Crippen molar-refractivity contribution < 1.29 is 4.74 Å². The molecule has 3 rings (SSSR count). The van der Waals surface area contributed by atoms with Crippen molar-refractivity contribution in [3.05, 3.63) is 28.8 Å². The molecule has 20 heavy (non-hydrogen) atoms. The lowest BCUT2D eigenvalue weighted by Crippen LogP contribution is -2.40. The molecule has 2 aliphatic rings. The smallest absolute Gasteiger partial charge is 0.0746 e. The van der Waals surface area contributed by atoms with Crippen molar-refractivity contribution in [2.45, 2.75) is 44.4 Å². The predicted octanol–water partition coefficient (Wildman–Crippen LogP) is 3.21. The van der Waals surface area contributed by atoms with Gasteiger partial charge in [0.2, 0.25) is 0 Å². The number of methoxy groups -OCH3 is 1. The van der Waals surface area contributed by atoms with Crippen LogP contribution in [-0.4, -0.2) is 32.3 Å². The highest BCUT2D eigenvalue weighted by molar-refractivity contribution is 6.30. The van der Waals surface area contributed by atoms with Crippen molar-refractivity contribution in [1.29, 1.82) is 0 Å². The second kappa shape index (κ2) is 6.33. The maximum atomic E-state index is 6.20. The van der Waals surface area contributed by atoms with Crippen LogP contribution in [0.1, 0.15) is 31.2 Å². The molecule has 1 unspecified atom stereocenters. The summed E-state index contributed by atoms with van der Waals surface area (Å²) in [5, 5.41) is 4.41. The van der Waals surface area contributed by atoms with Gasteiger partial charge in [0.05, 0.1) is 6.10 Å². The van der Waals surface area contributed by atoms with Crippen LogP contribution in [0.25, 0.3) is 0 Å². The fourth-order valence-electron chi connectivity index (χ4n) is 2.87. The van der Waals surface area contributed by atoms with E-state index in [1.54, 1.807) is 0 Å². The van der Waals surface area contributed by atoms with E-state index in [1.165, 1.54) is 30.5 Å². The molecule has 1 saturated carbocycles. The Kier molecular flexibility index (Phi) is 4.49. The summed E-state index contributed by atoms with van der Waals surface area (Å²) in [5.74, 6) is 0. The van der Waals surface area contributed by atoms with Gasteiger partial charge in [-0.15, -0.1) is 0 Å². The first kappa shape index (κ1) is 14.2. The number of rotatable bonds is 5. The molecule has 1 aliphatic heterocycles. The Balaban J connectivity index is 1.76. The summed E-state index contributed by atoms with van der Waals surface area (Å²) in [6.07, 6.45) is 5.31. The van der Waals surface area contributed by atoms with E-state index in [2.05, 4.69) is 22.3 Å². The molecule has 0 spiro atoms. The summed E-state index contributed by atoms with van der Waals surface area (Å²) >= 11 is 6.20. The van der Waals surface area contributed by atoms with E-state index in [9.17, 15) is 0 Å². The summed E-state index contributed by atoms with van der Waals surface area (Å²) in [6, 6.07) is 6.98. The lowest BCUT2D eigenvalue weighted by molar-refractivity contribution is 0.0893.